The van der Waals surface area contributed by atoms with Gasteiger partial charge >= 0.3 is 6.18 Å². The highest BCUT2D eigenvalue weighted by molar-refractivity contribution is 5.52. The van der Waals surface area contributed by atoms with Crippen LogP contribution >= 0.6 is 0 Å². The molecule has 1 fully saturated rings. The van der Waals surface area contributed by atoms with Crippen LogP contribution in [0.25, 0.3) is 0 Å². The fourth-order valence-corrected chi connectivity index (χ4v) is 1.33. The summed E-state index contributed by atoms with van der Waals surface area (Å²) in [5.41, 5.74) is 7.61. The number of nitrogens with one attached hydrogen (secondary N) is 2. The summed E-state index contributed by atoms with van der Waals surface area (Å²) < 4.78 is 37.7. The topological polar surface area (TPSA) is 69.9 Å². The minimum atomic E-state index is -4.40. The quantitative estimate of drug-likeness (QED) is 0.472. The first-order chi connectivity index (χ1) is 6.47. The molecule has 0 aromatic heterocycles. The summed E-state index contributed by atoms with van der Waals surface area (Å²) >= 11 is 0. The van der Waals surface area contributed by atoms with Gasteiger partial charge in [0, 0.05) is 11.3 Å². The fraction of sp³-hybridized carbons (Fsp3) is 0.250. The van der Waals surface area contributed by atoms with Crippen molar-refractivity contribution in [1.29, 1.82) is 0 Å². The van der Waals surface area contributed by atoms with E-state index in [1.54, 1.807) is 6.07 Å². The largest absolute Gasteiger partial charge is 0.426 e. The number of hydrogen-bond acceptors (Lipinski definition) is 3. The van der Waals surface area contributed by atoms with Crippen molar-refractivity contribution in [1.82, 2.24) is 10.9 Å². The van der Waals surface area contributed by atoms with Crippen molar-refractivity contribution in [3.05, 3.63) is 29.8 Å². The van der Waals surface area contributed by atoms with Crippen molar-refractivity contribution in [2.45, 2.75) is 11.8 Å². The van der Waals surface area contributed by atoms with Crippen molar-refractivity contribution in [2.75, 3.05) is 5.73 Å². The molecule has 1 aromatic rings. The summed E-state index contributed by atoms with van der Waals surface area (Å²) in [5.74, 6) is 0. The Hall–Kier alpha value is -1.27. The summed E-state index contributed by atoms with van der Waals surface area (Å²) in [4.78, 5) is 0. The second-order valence-corrected chi connectivity index (χ2v) is 3.09. The average Bonchev–Trinajstić information content (AvgIpc) is 2.84. The highest BCUT2D eigenvalue weighted by Crippen LogP contribution is 2.43. The Morgan fingerprint density at radius 3 is 2.14 bits per heavy atom. The number of hydrogen-bond donors (Lipinski definition) is 3. The number of nitrogen functional groups attached to an aromatic ring is 1. The molecule has 6 heteroatoms. The van der Waals surface area contributed by atoms with E-state index in [1.165, 1.54) is 18.2 Å². The van der Waals surface area contributed by atoms with Crippen LogP contribution in [0.2, 0.25) is 0 Å². The van der Waals surface area contributed by atoms with Crippen LogP contribution in [0, 0.1) is 0 Å². The molecule has 1 aliphatic rings. The average molecular weight is 203 g/mol. The predicted octanol–water partition coefficient (Wildman–Crippen LogP) is 1.09. The maximum atomic E-state index is 12.6. The van der Waals surface area contributed by atoms with Crippen molar-refractivity contribution < 1.29 is 13.2 Å². The van der Waals surface area contributed by atoms with Crippen LogP contribution in [0.1, 0.15) is 5.56 Å². The number of alkyl halides is 3. The van der Waals surface area contributed by atoms with E-state index >= 15 is 0 Å². The van der Waals surface area contributed by atoms with Crippen LogP contribution in [0.4, 0.5) is 18.9 Å². The molecule has 0 bridgehead atoms. The minimum Gasteiger partial charge on any atom is -0.398 e. The monoisotopic (exact) mass is 203 g/mol. The molecule has 1 saturated heterocycles. The molecule has 1 heterocycles. The van der Waals surface area contributed by atoms with E-state index < -0.39 is 11.8 Å². The van der Waals surface area contributed by atoms with Gasteiger partial charge in [-0.1, -0.05) is 18.2 Å². The highest BCUT2D eigenvalue weighted by Gasteiger charge is 2.65. The molecule has 4 N–H and O–H groups in total. The van der Waals surface area contributed by atoms with E-state index in [9.17, 15) is 13.2 Å². The van der Waals surface area contributed by atoms with Gasteiger partial charge in [0.1, 0.15) is 0 Å². The van der Waals surface area contributed by atoms with E-state index in [-0.39, 0.29) is 11.3 Å². The molecule has 0 radical (unpaired) electrons. The predicted molar refractivity (Wildman–Crippen MR) is 44.9 cm³/mol. The molecule has 0 atom stereocenters. The zero-order chi connectivity index (χ0) is 10.4. The molecule has 1 aromatic carbocycles. The van der Waals surface area contributed by atoms with Gasteiger partial charge in [-0.25, -0.2) is 10.9 Å². The van der Waals surface area contributed by atoms with E-state index in [2.05, 4.69) is 10.9 Å². The Kier molecular flexibility index (Phi) is 1.73. The Bertz CT molecular complexity index is 357. The maximum Gasteiger partial charge on any atom is 0.426 e. The number of benzene rings is 1. The summed E-state index contributed by atoms with van der Waals surface area (Å²) in [6, 6.07) is 5.88. The number of halogens is 3. The maximum absolute atomic E-state index is 12.6. The lowest BCUT2D eigenvalue weighted by molar-refractivity contribution is -0.165. The van der Waals surface area contributed by atoms with Crippen LogP contribution in [0.15, 0.2) is 24.3 Å². The molecule has 76 valence electrons. The van der Waals surface area contributed by atoms with E-state index in [4.69, 9.17) is 5.73 Å². The molecule has 0 aliphatic carbocycles. The third kappa shape index (κ3) is 1.15. The van der Waals surface area contributed by atoms with Gasteiger partial charge in [0.05, 0.1) is 0 Å². The number of para-hydroxylation sites is 1. The van der Waals surface area contributed by atoms with Crippen LogP contribution < -0.4 is 16.6 Å². The van der Waals surface area contributed by atoms with Gasteiger partial charge in [-0.3, -0.25) is 0 Å². The Labute approximate surface area is 78.1 Å². The Morgan fingerprint density at radius 1 is 1.14 bits per heavy atom. The van der Waals surface area contributed by atoms with Crippen molar-refractivity contribution in [3.8, 4) is 0 Å². The van der Waals surface area contributed by atoms with Gasteiger partial charge in [-0.05, 0) is 6.07 Å². The lowest BCUT2D eigenvalue weighted by Gasteiger charge is -2.17. The summed E-state index contributed by atoms with van der Waals surface area (Å²) in [5, 5.41) is 0. The molecule has 0 unspecified atom stereocenters. The Morgan fingerprint density at radius 2 is 1.71 bits per heavy atom. The van der Waals surface area contributed by atoms with E-state index in [0.717, 1.165) is 0 Å². The first kappa shape index (κ1) is 9.29. The lowest BCUT2D eigenvalue weighted by Crippen LogP contribution is -2.35. The van der Waals surface area contributed by atoms with Crippen molar-refractivity contribution >= 4 is 5.69 Å². The number of nitrogens with two attached hydrogens (primary N) is 1. The lowest BCUT2D eigenvalue weighted by atomic mass is 10.0. The molecular formula is C8H8F3N3. The summed E-state index contributed by atoms with van der Waals surface area (Å²) in [7, 11) is 0. The second-order valence-electron chi connectivity index (χ2n) is 3.09. The summed E-state index contributed by atoms with van der Waals surface area (Å²) in [6.07, 6.45) is -4.40. The van der Waals surface area contributed by atoms with E-state index in [1.807, 2.05) is 0 Å². The molecule has 0 spiro atoms. The SMILES string of the molecule is Nc1ccccc1C1(C(F)(F)F)NN1. The zero-order valence-electron chi connectivity index (χ0n) is 7.02. The zero-order valence-corrected chi connectivity index (χ0v) is 7.02. The molecule has 2 rings (SSSR count). The molecule has 0 saturated carbocycles. The summed E-state index contributed by atoms with van der Waals surface area (Å²) in [6.45, 7) is 0. The smallest absolute Gasteiger partial charge is 0.398 e. The third-order valence-electron chi connectivity index (χ3n) is 2.17. The van der Waals surface area contributed by atoms with Gasteiger partial charge in [-0.15, -0.1) is 0 Å². The van der Waals surface area contributed by atoms with Crippen LogP contribution in [-0.4, -0.2) is 6.18 Å². The molecule has 1 aliphatic heterocycles. The van der Waals surface area contributed by atoms with Gasteiger partial charge in [-0.2, -0.15) is 13.2 Å². The van der Waals surface area contributed by atoms with Gasteiger partial charge < -0.3 is 5.73 Å². The molecule has 3 nitrogen and oxygen atoms in total. The number of rotatable bonds is 1. The Balaban J connectivity index is 2.46. The first-order valence-corrected chi connectivity index (χ1v) is 3.93. The van der Waals surface area contributed by atoms with Crippen molar-refractivity contribution in [2.24, 2.45) is 0 Å². The third-order valence-corrected chi connectivity index (χ3v) is 2.17. The molecule has 0 amide bonds. The van der Waals surface area contributed by atoms with Crippen LogP contribution in [0.5, 0.6) is 0 Å². The molecular weight excluding hydrogens is 195 g/mol. The highest BCUT2D eigenvalue weighted by atomic mass is 19.4. The van der Waals surface area contributed by atoms with E-state index in [0.29, 0.717) is 0 Å². The second kappa shape index (κ2) is 2.61. The van der Waals surface area contributed by atoms with Gasteiger partial charge in [0.15, 0.2) is 0 Å². The fourth-order valence-electron chi connectivity index (χ4n) is 1.33. The number of anilines is 1. The first-order valence-electron chi connectivity index (χ1n) is 3.93. The van der Waals surface area contributed by atoms with Crippen LogP contribution in [-0.2, 0) is 5.66 Å². The number of hydrazine groups is 1. The van der Waals surface area contributed by atoms with Gasteiger partial charge in [0.2, 0.25) is 5.66 Å². The van der Waals surface area contributed by atoms with Gasteiger partial charge in [0.25, 0.3) is 0 Å². The molecule has 14 heavy (non-hydrogen) atoms. The minimum absolute atomic E-state index is 0.00694. The normalized spacial score (nSPS) is 19.4. The van der Waals surface area contributed by atoms with Crippen molar-refractivity contribution in [3.63, 3.8) is 0 Å². The van der Waals surface area contributed by atoms with Crippen LogP contribution in [0.3, 0.4) is 0 Å². The standard InChI is InChI=1S/C8H8F3N3/c9-8(10,11)7(13-14-7)5-3-1-2-4-6(5)12/h1-4,13-14H,12H2.